The lowest BCUT2D eigenvalue weighted by Crippen LogP contribution is -2.36. The van der Waals surface area contributed by atoms with E-state index in [1.165, 1.54) is 5.69 Å². The number of hydrogen-bond acceptors (Lipinski definition) is 3. The second-order valence-electron chi connectivity index (χ2n) is 2.94. The van der Waals surface area contributed by atoms with Gasteiger partial charge in [-0.3, -0.25) is 0 Å². The SMILES string of the molecule is Brc1ccc(N2CCOCC2)cn1. The number of pyridine rings is 1. The van der Waals surface area contributed by atoms with E-state index in [-0.39, 0.29) is 0 Å². The van der Waals surface area contributed by atoms with Crippen LogP contribution in [0.2, 0.25) is 0 Å². The van der Waals surface area contributed by atoms with Crippen molar-refractivity contribution in [3.05, 3.63) is 22.9 Å². The Morgan fingerprint density at radius 1 is 1.31 bits per heavy atom. The van der Waals surface area contributed by atoms with Gasteiger partial charge in [-0.2, -0.15) is 0 Å². The van der Waals surface area contributed by atoms with E-state index < -0.39 is 0 Å². The lowest BCUT2D eigenvalue weighted by Gasteiger charge is -2.28. The summed E-state index contributed by atoms with van der Waals surface area (Å²) in [6, 6.07) is 4.03. The first-order valence-electron chi connectivity index (χ1n) is 4.30. The minimum atomic E-state index is 0.816. The molecule has 1 aromatic rings. The number of aromatic nitrogens is 1. The predicted molar refractivity (Wildman–Crippen MR) is 55.0 cm³/mol. The van der Waals surface area contributed by atoms with Crippen molar-refractivity contribution >= 4 is 21.6 Å². The fraction of sp³-hybridized carbons (Fsp3) is 0.444. The minimum absolute atomic E-state index is 0.816. The zero-order valence-electron chi connectivity index (χ0n) is 7.24. The van der Waals surface area contributed by atoms with Crippen LogP contribution in [-0.2, 0) is 4.74 Å². The third-order valence-corrected chi connectivity index (χ3v) is 2.56. The molecule has 3 nitrogen and oxygen atoms in total. The number of nitrogens with zero attached hydrogens (tertiary/aromatic N) is 2. The number of anilines is 1. The highest BCUT2D eigenvalue weighted by Crippen LogP contribution is 2.16. The Labute approximate surface area is 85.8 Å². The molecular formula is C9H11BrN2O. The molecule has 0 atom stereocenters. The largest absolute Gasteiger partial charge is 0.378 e. The summed E-state index contributed by atoms with van der Waals surface area (Å²) in [6.07, 6.45) is 1.88. The Hall–Kier alpha value is -0.610. The lowest BCUT2D eigenvalue weighted by atomic mass is 10.3. The quantitative estimate of drug-likeness (QED) is 0.701. The Balaban J connectivity index is 2.10. The normalized spacial score (nSPS) is 17.5. The standard InChI is InChI=1S/C9H11BrN2O/c10-9-2-1-8(7-11-9)12-3-5-13-6-4-12/h1-2,7H,3-6H2. The van der Waals surface area contributed by atoms with Crippen molar-refractivity contribution < 1.29 is 4.74 Å². The molecule has 0 radical (unpaired) electrons. The Morgan fingerprint density at radius 3 is 2.69 bits per heavy atom. The van der Waals surface area contributed by atoms with Crippen LogP contribution in [0.1, 0.15) is 0 Å². The molecule has 0 spiro atoms. The van der Waals surface area contributed by atoms with Gasteiger partial charge in [0, 0.05) is 13.1 Å². The van der Waals surface area contributed by atoms with Gasteiger partial charge in [0.1, 0.15) is 4.60 Å². The Morgan fingerprint density at radius 2 is 2.08 bits per heavy atom. The van der Waals surface area contributed by atoms with Crippen LogP contribution in [0.5, 0.6) is 0 Å². The van der Waals surface area contributed by atoms with Gasteiger partial charge in [0.15, 0.2) is 0 Å². The second-order valence-corrected chi connectivity index (χ2v) is 3.75. The maximum absolute atomic E-state index is 5.27. The van der Waals surface area contributed by atoms with Crippen LogP contribution >= 0.6 is 15.9 Å². The van der Waals surface area contributed by atoms with Crippen molar-refractivity contribution in [2.45, 2.75) is 0 Å². The van der Waals surface area contributed by atoms with Crippen molar-refractivity contribution in [3.8, 4) is 0 Å². The first-order valence-corrected chi connectivity index (χ1v) is 5.10. The monoisotopic (exact) mass is 242 g/mol. The maximum Gasteiger partial charge on any atom is 0.106 e. The molecule has 0 bridgehead atoms. The predicted octanol–water partition coefficient (Wildman–Crippen LogP) is 1.68. The molecule has 0 aliphatic carbocycles. The molecule has 2 rings (SSSR count). The van der Waals surface area contributed by atoms with Crippen LogP contribution in [-0.4, -0.2) is 31.3 Å². The zero-order chi connectivity index (χ0) is 9.10. The van der Waals surface area contributed by atoms with Gasteiger partial charge in [0.05, 0.1) is 25.1 Å². The molecule has 1 aliphatic heterocycles. The van der Waals surface area contributed by atoms with E-state index >= 15 is 0 Å². The molecule has 1 aliphatic rings. The fourth-order valence-electron chi connectivity index (χ4n) is 1.38. The number of hydrogen-bond donors (Lipinski definition) is 0. The molecular weight excluding hydrogens is 232 g/mol. The van der Waals surface area contributed by atoms with E-state index in [9.17, 15) is 0 Å². The molecule has 0 unspecified atom stereocenters. The van der Waals surface area contributed by atoms with Crippen molar-refractivity contribution in [2.75, 3.05) is 31.2 Å². The number of halogens is 1. The second kappa shape index (κ2) is 4.07. The number of morpholine rings is 1. The van der Waals surface area contributed by atoms with Crippen LogP contribution in [0.15, 0.2) is 22.9 Å². The highest BCUT2D eigenvalue weighted by Gasteiger charge is 2.10. The van der Waals surface area contributed by atoms with Gasteiger partial charge in [-0.1, -0.05) is 0 Å². The zero-order valence-corrected chi connectivity index (χ0v) is 8.83. The smallest absolute Gasteiger partial charge is 0.106 e. The average Bonchev–Trinajstić information content (AvgIpc) is 2.20. The van der Waals surface area contributed by atoms with E-state index in [2.05, 4.69) is 31.9 Å². The number of rotatable bonds is 1. The first kappa shape index (κ1) is 8.97. The highest BCUT2D eigenvalue weighted by atomic mass is 79.9. The number of ether oxygens (including phenoxy) is 1. The summed E-state index contributed by atoms with van der Waals surface area (Å²) in [6.45, 7) is 3.55. The summed E-state index contributed by atoms with van der Waals surface area (Å²) in [5.41, 5.74) is 1.17. The molecule has 1 aromatic heterocycles. The summed E-state index contributed by atoms with van der Waals surface area (Å²) >= 11 is 3.32. The van der Waals surface area contributed by atoms with Gasteiger partial charge in [-0.05, 0) is 28.1 Å². The molecule has 1 saturated heterocycles. The molecule has 2 heterocycles. The summed E-state index contributed by atoms with van der Waals surface area (Å²) in [5.74, 6) is 0. The maximum atomic E-state index is 5.27. The van der Waals surface area contributed by atoms with E-state index in [1.54, 1.807) is 0 Å². The first-order chi connectivity index (χ1) is 6.36. The fourth-order valence-corrected chi connectivity index (χ4v) is 1.61. The van der Waals surface area contributed by atoms with Crippen LogP contribution < -0.4 is 4.90 Å². The summed E-state index contributed by atoms with van der Waals surface area (Å²) in [7, 11) is 0. The van der Waals surface area contributed by atoms with Crippen LogP contribution in [0, 0.1) is 0 Å². The van der Waals surface area contributed by atoms with E-state index in [0.717, 1.165) is 30.9 Å². The van der Waals surface area contributed by atoms with Gasteiger partial charge in [-0.25, -0.2) is 4.98 Å². The molecule has 0 N–H and O–H groups in total. The van der Waals surface area contributed by atoms with Crippen molar-refractivity contribution in [3.63, 3.8) is 0 Å². The van der Waals surface area contributed by atoms with Crippen LogP contribution in [0.4, 0.5) is 5.69 Å². The van der Waals surface area contributed by atoms with Gasteiger partial charge in [0.2, 0.25) is 0 Å². The molecule has 0 aromatic carbocycles. The summed E-state index contributed by atoms with van der Waals surface area (Å²) < 4.78 is 6.15. The Bertz CT molecular complexity index is 269. The average molecular weight is 243 g/mol. The van der Waals surface area contributed by atoms with Gasteiger partial charge in [0.25, 0.3) is 0 Å². The third-order valence-electron chi connectivity index (χ3n) is 2.09. The highest BCUT2D eigenvalue weighted by molar-refractivity contribution is 9.10. The van der Waals surface area contributed by atoms with Gasteiger partial charge < -0.3 is 9.64 Å². The molecule has 4 heteroatoms. The Kier molecular flexibility index (Phi) is 2.80. The molecule has 1 fully saturated rings. The van der Waals surface area contributed by atoms with E-state index in [0.29, 0.717) is 0 Å². The molecule has 0 amide bonds. The van der Waals surface area contributed by atoms with Gasteiger partial charge in [-0.15, -0.1) is 0 Å². The molecule has 70 valence electrons. The topological polar surface area (TPSA) is 25.4 Å². The molecule has 0 saturated carbocycles. The van der Waals surface area contributed by atoms with Gasteiger partial charge >= 0.3 is 0 Å². The minimum Gasteiger partial charge on any atom is -0.378 e. The third kappa shape index (κ3) is 2.19. The van der Waals surface area contributed by atoms with Crippen LogP contribution in [0.3, 0.4) is 0 Å². The van der Waals surface area contributed by atoms with Crippen molar-refractivity contribution in [2.24, 2.45) is 0 Å². The molecule has 13 heavy (non-hydrogen) atoms. The van der Waals surface area contributed by atoms with E-state index in [4.69, 9.17) is 4.74 Å². The summed E-state index contributed by atoms with van der Waals surface area (Å²) in [4.78, 5) is 6.47. The van der Waals surface area contributed by atoms with Crippen molar-refractivity contribution in [1.29, 1.82) is 0 Å². The van der Waals surface area contributed by atoms with Crippen molar-refractivity contribution in [1.82, 2.24) is 4.98 Å². The van der Waals surface area contributed by atoms with E-state index in [1.807, 2.05) is 12.3 Å². The lowest BCUT2D eigenvalue weighted by molar-refractivity contribution is 0.122. The van der Waals surface area contributed by atoms with Crippen LogP contribution in [0.25, 0.3) is 0 Å². The summed E-state index contributed by atoms with van der Waals surface area (Å²) in [5, 5.41) is 0.